The van der Waals surface area contributed by atoms with Crippen LogP contribution >= 0.6 is 0 Å². The summed E-state index contributed by atoms with van der Waals surface area (Å²) in [6, 6.07) is 6.16. The molecule has 2 aromatic rings. The normalized spacial score (nSPS) is 14.5. The zero-order chi connectivity index (χ0) is 20.6. The molecule has 0 aromatic heterocycles. The van der Waals surface area contributed by atoms with Crippen LogP contribution in [0.4, 0.5) is 5.69 Å². The smallest absolute Gasteiger partial charge is 0.321 e. The van der Waals surface area contributed by atoms with Gasteiger partial charge >= 0.3 is 5.97 Å². The third-order valence-electron chi connectivity index (χ3n) is 4.63. The number of carboxylic acid groups (broad SMARTS) is 1. The van der Waals surface area contributed by atoms with E-state index in [1.807, 2.05) is 6.92 Å². The maximum absolute atomic E-state index is 12.9. The van der Waals surface area contributed by atoms with Gasteiger partial charge in [0.15, 0.2) is 0 Å². The molecule has 1 atom stereocenters. The molecule has 10 heteroatoms. The third kappa shape index (κ3) is 3.32. The average Bonchev–Trinajstić information content (AvgIpc) is 2.91. The number of carbonyl (C=O) groups is 3. The molecule has 0 saturated carbocycles. The number of nitrogens with zero attached hydrogens (tertiary/aromatic N) is 1. The minimum absolute atomic E-state index is 0.135. The number of nitrogens with two attached hydrogens (primary N) is 1. The van der Waals surface area contributed by atoms with Crippen LogP contribution in [-0.2, 0) is 19.6 Å². The molecular weight excluding hydrogens is 386 g/mol. The van der Waals surface area contributed by atoms with Crippen LogP contribution in [0, 0.1) is 0 Å². The van der Waals surface area contributed by atoms with Gasteiger partial charge in [-0.05, 0) is 31.5 Å². The van der Waals surface area contributed by atoms with Gasteiger partial charge < -0.3 is 15.7 Å². The molecule has 0 unspecified atom stereocenters. The Bertz CT molecular complexity index is 1100. The van der Waals surface area contributed by atoms with Gasteiger partial charge in [0.05, 0.1) is 10.6 Å². The number of rotatable bonds is 8. The van der Waals surface area contributed by atoms with Gasteiger partial charge in [-0.25, -0.2) is 8.42 Å². The molecule has 1 aliphatic rings. The molecule has 0 radical (unpaired) electrons. The minimum atomic E-state index is -4.24. The number of hydrogen-bond donors (Lipinski definition) is 3. The topological polar surface area (TPSA) is 147 Å². The lowest BCUT2D eigenvalue weighted by Gasteiger charge is -2.17. The number of carbonyl (C=O) groups excluding carboxylic acids is 2. The molecule has 0 bridgehead atoms. The van der Waals surface area contributed by atoms with E-state index in [1.165, 1.54) is 12.1 Å². The number of anilines is 1. The van der Waals surface area contributed by atoms with Crippen molar-refractivity contribution in [2.45, 2.75) is 30.7 Å². The van der Waals surface area contributed by atoms with Crippen LogP contribution in [0.15, 0.2) is 35.2 Å². The molecule has 148 valence electrons. The summed E-state index contributed by atoms with van der Waals surface area (Å²) in [5.41, 5.74) is 6.03. The Labute approximate surface area is 161 Å². The van der Waals surface area contributed by atoms with E-state index in [0.717, 1.165) is 0 Å². The van der Waals surface area contributed by atoms with E-state index in [4.69, 9.17) is 5.73 Å². The molecule has 1 heterocycles. The number of benzene rings is 2. The van der Waals surface area contributed by atoms with E-state index in [-0.39, 0.29) is 23.6 Å². The second kappa shape index (κ2) is 7.21. The quantitative estimate of drug-likeness (QED) is 0.592. The van der Waals surface area contributed by atoms with Crippen LogP contribution in [0.1, 0.15) is 30.1 Å². The first-order valence-corrected chi connectivity index (χ1v) is 10.1. The van der Waals surface area contributed by atoms with Crippen molar-refractivity contribution in [3.8, 4) is 0 Å². The number of carboxylic acids is 1. The Hall–Kier alpha value is -2.98. The Balaban J connectivity index is 2.07. The van der Waals surface area contributed by atoms with Crippen LogP contribution in [0.5, 0.6) is 0 Å². The van der Waals surface area contributed by atoms with Gasteiger partial charge in [0.2, 0.25) is 15.9 Å². The molecule has 9 nitrogen and oxygen atoms in total. The Morgan fingerprint density at radius 2 is 1.96 bits per heavy atom. The standard InChI is InChI=1S/C18H19N3O6S/c1-2-21-13-7-8-14(10-4-3-5-11(16(10)13)17(21)23)28(26,27)20-12(18(24)25)6-9-15(19)22/h3-5,7-8,12,20H,2,6,9H2,1H3,(H2,19,22)(H,24,25)/t12-/m1/s1. The lowest BCUT2D eigenvalue weighted by molar-refractivity contribution is -0.139. The molecule has 2 aromatic carbocycles. The first-order chi connectivity index (χ1) is 13.2. The van der Waals surface area contributed by atoms with Crippen LogP contribution < -0.4 is 15.4 Å². The van der Waals surface area contributed by atoms with Crippen LogP contribution in [0.3, 0.4) is 0 Å². The fraction of sp³-hybridized carbons (Fsp3) is 0.278. The monoisotopic (exact) mass is 405 g/mol. The van der Waals surface area contributed by atoms with E-state index in [1.54, 1.807) is 23.1 Å². The average molecular weight is 405 g/mol. The molecular formula is C18H19N3O6S. The number of sulfonamides is 1. The van der Waals surface area contributed by atoms with E-state index < -0.39 is 27.9 Å². The number of nitrogens with one attached hydrogen (secondary N) is 1. The van der Waals surface area contributed by atoms with Crippen LogP contribution in [0.25, 0.3) is 10.8 Å². The Kier molecular flexibility index (Phi) is 5.09. The van der Waals surface area contributed by atoms with Crippen LogP contribution in [0.2, 0.25) is 0 Å². The summed E-state index contributed by atoms with van der Waals surface area (Å²) < 4.78 is 27.9. The van der Waals surface area contributed by atoms with Gasteiger partial charge in [-0.2, -0.15) is 4.72 Å². The molecule has 1 aliphatic heterocycles. The second-order valence-electron chi connectivity index (χ2n) is 6.38. The molecule has 2 amide bonds. The van der Waals surface area contributed by atoms with Crippen molar-refractivity contribution in [3.63, 3.8) is 0 Å². The molecule has 0 aliphatic carbocycles. The minimum Gasteiger partial charge on any atom is -0.480 e. The van der Waals surface area contributed by atoms with Crippen molar-refractivity contribution < 1.29 is 27.9 Å². The van der Waals surface area contributed by atoms with Crippen molar-refractivity contribution in [2.24, 2.45) is 5.73 Å². The predicted octanol–water partition coefficient (Wildman–Crippen LogP) is 0.817. The largest absolute Gasteiger partial charge is 0.480 e. The van der Waals surface area contributed by atoms with Crippen LogP contribution in [-0.4, -0.2) is 43.9 Å². The molecule has 0 saturated heterocycles. The number of aliphatic carboxylic acids is 1. The summed E-state index contributed by atoms with van der Waals surface area (Å²) in [4.78, 5) is 36.3. The summed E-state index contributed by atoms with van der Waals surface area (Å²) in [7, 11) is -4.24. The maximum atomic E-state index is 12.9. The molecule has 4 N–H and O–H groups in total. The first-order valence-electron chi connectivity index (χ1n) is 8.58. The number of primary amides is 1. The van der Waals surface area contributed by atoms with Crippen molar-refractivity contribution in [1.82, 2.24) is 4.72 Å². The van der Waals surface area contributed by atoms with Gasteiger partial charge in [0, 0.05) is 29.3 Å². The van der Waals surface area contributed by atoms with E-state index in [0.29, 0.717) is 28.6 Å². The molecule has 0 spiro atoms. The summed E-state index contributed by atoms with van der Waals surface area (Å²) in [6.45, 7) is 2.25. The highest BCUT2D eigenvalue weighted by Gasteiger charge is 2.32. The highest BCUT2D eigenvalue weighted by molar-refractivity contribution is 7.89. The van der Waals surface area contributed by atoms with Gasteiger partial charge in [-0.1, -0.05) is 12.1 Å². The van der Waals surface area contributed by atoms with E-state index >= 15 is 0 Å². The Morgan fingerprint density at radius 1 is 1.25 bits per heavy atom. The summed E-state index contributed by atoms with van der Waals surface area (Å²) in [5, 5.41) is 10.1. The van der Waals surface area contributed by atoms with Gasteiger partial charge in [0.25, 0.3) is 5.91 Å². The van der Waals surface area contributed by atoms with Crippen molar-refractivity contribution in [2.75, 3.05) is 11.4 Å². The summed E-state index contributed by atoms with van der Waals surface area (Å²) in [5.74, 6) is -2.35. The fourth-order valence-corrected chi connectivity index (χ4v) is 4.76. The fourth-order valence-electron chi connectivity index (χ4n) is 3.34. The third-order valence-corrected chi connectivity index (χ3v) is 6.16. The SMILES string of the molecule is CCN1C(=O)c2cccc3c(S(=O)(=O)N[C@H](CCC(N)=O)C(=O)O)ccc1c23. The number of hydrogen-bond acceptors (Lipinski definition) is 5. The van der Waals surface area contributed by atoms with Crippen molar-refractivity contribution in [3.05, 3.63) is 35.9 Å². The summed E-state index contributed by atoms with van der Waals surface area (Å²) >= 11 is 0. The highest BCUT2D eigenvalue weighted by atomic mass is 32.2. The highest BCUT2D eigenvalue weighted by Crippen LogP contribution is 2.39. The van der Waals surface area contributed by atoms with E-state index in [9.17, 15) is 27.9 Å². The van der Waals surface area contributed by atoms with Gasteiger partial charge in [-0.3, -0.25) is 14.4 Å². The van der Waals surface area contributed by atoms with Gasteiger partial charge in [0.1, 0.15) is 6.04 Å². The van der Waals surface area contributed by atoms with Crippen molar-refractivity contribution >= 4 is 44.3 Å². The maximum Gasteiger partial charge on any atom is 0.321 e. The van der Waals surface area contributed by atoms with Gasteiger partial charge in [-0.15, -0.1) is 0 Å². The molecule has 0 fully saturated rings. The van der Waals surface area contributed by atoms with Crippen molar-refractivity contribution in [1.29, 1.82) is 0 Å². The zero-order valence-corrected chi connectivity index (χ0v) is 15.8. The Morgan fingerprint density at radius 3 is 2.57 bits per heavy atom. The predicted molar refractivity (Wildman–Crippen MR) is 101 cm³/mol. The lowest BCUT2D eigenvalue weighted by atomic mass is 10.1. The first kappa shape index (κ1) is 19.8. The zero-order valence-electron chi connectivity index (χ0n) is 15.0. The van der Waals surface area contributed by atoms with E-state index in [2.05, 4.69) is 4.72 Å². The lowest BCUT2D eigenvalue weighted by Crippen LogP contribution is -2.41. The molecule has 3 rings (SSSR count). The number of amides is 2. The molecule has 28 heavy (non-hydrogen) atoms. The second-order valence-corrected chi connectivity index (χ2v) is 8.06. The summed E-state index contributed by atoms with van der Waals surface area (Å²) in [6.07, 6.45) is -0.545.